The van der Waals surface area contributed by atoms with E-state index in [0.29, 0.717) is 6.61 Å². The third-order valence-electron chi connectivity index (χ3n) is 3.42. The lowest BCUT2D eigenvalue weighted by atomic mass is 10.1. The van der Waals surface area contributed by atoms with Gasteiger partial charge in [-0.1, -0.05) is 12.1 Å². The zero-order valence-corrected chi connectivity index (χ0v) is 12.6. The van der Waals surface area contributed by atoms with Crippen molar-refractivity contribution in [1.29, 1.82) is 0 Å². The highest BCUT2D eigenvalue weighted by Gasteiger charge is 2.11. The molecular weight excluding hydrogens is 252 g/mol. The number of benzene rings is 1. The number of rotatable bonds is 6. The average Bonchev–Trinajstić information content (AvgIpc) is 2.91. The molecule has 0 aliphatic carbocycles. The van der Waals surface area contributed by atoms with E-state index < -0.39 is 0 Å². The second-order valence-electron chi connectivity index (χ2n) is 4.83. The van der Waals surface area contributed by atoms with Crippen LogP contribution in [0.3, 0.4) is 0 Å². The zero-order chi connectivity index (χ0) is 14.5. The molecule has 108 valence electrons. The molecule has 5 heteroatoms. The normalized spacial score (nSPS) is 12.4. The second-order valence-corrected chi connectivity index (χ2v) is 4.83. The van der Waals surface area contributed by atoms with Gasteiger partial charge in [0.1, 0.15) is 18.7 Å². The van der Waals surface area contributed by atoms with Crippen molar-refractivity contribution in [3.63, 3.8) is 0 Å². The molecule has 1 atom stereocenters. The summed E-state index contributed by atoms with van der Waals surface area (Å²) >= 11 is 0. The Bertz CT molecular complexity index is 565. The molecule has 1 heterocycles. The highest BCUT2D eigenvalue weighted by Crippen LogP contribution is 2.26. The molecule has 0 saturated heterocycles. The Labute approximate surface area is 120 Å². The van der Waals surface area contributed by atoms with Gasteiger partial charge in [0.15, 0.2) is 5.82 Å². The van der Waals surface area contributed by atoms with E-state index >= 15 is 0 Å². The molecule has 1 N–H and O–H groups in total. The molecule has 0 aliphatic heterocycles. The summed E-state index contributed by atoms with van der Waals surface area (Å²) in [7, 11) is 1.95. The van der Waals surface area contributed by atoms with Gasteiger partial charge < -0.3 is 10.1 Å². The van der Waals surface area contributed by atoms with Crippen LogP contribution in [0.15, 0.2) is 24.5 Å². The van der Waals surface area contributed by atoms with Crippen LogP contribution in [0.25, 0.3) is 0 Å². The summed E-state index contributed by atoms with van der Waals surface area (Å²) in [6.45, 7) is 7.45. The van der Waals surface area contributed by atoms with Crippen molar-refractivity contribution >= 4 is 0 Å². The van der Waals surface area contributed by atoms with E-state index in [0.717, 1.165) is 23.7 Å². The van der Waals surface area contributed by atoms with Crippen molar-refractivity contribution in [2.24, 2.45) is 0 Å². The molecule has 0 aliphatic rings. The van der Waals surface area contributed by atoms with Crippen molar-refractivity contribution in [2.75, 3.05) is 7.05 Å². The first-order valence-electron chi connectivity index (χ1n) is 6.93. The van der Waals surface area contributed by atoms with Crippen molar-refractivity contribution in [2.45, 2.75) is 40.0 Å². The lowest BCUT2D eigenvalue weighted by Gasteiger charge is -2.17. The van der Waals surface area contributed by atoms with E-state index in [9.17, 15) is 0 Å². The first kappa shape index (κ1) is 14.5. The summed E-state index contributed by atoms with van der Waals surface area (Å²) in [5.41, 5.74) is 2.34. The van der Waals surface area contributed by atoms with E-state index in [4.69, 9.17) is 4.74 Å². The minimum Gasteiger partial charge on any atom is -0.485 e. The van der Waals surface area contributed by atoms with Crippen LogP contribution in [-0.4, -0.2) is 21.8 Å². The Hall–Kier alpha value is -1.88. The van der Waals surface area contributed by atoms with Crippen LogP contribution < -0.4 is 10.1 Å². The Balaban J connectivity index is 2.18. The molecule has 0 saturated carbocycles. The number of aryl methyl sites for hydroxylation is 2. The van der Waals surface area contributed by atoms with Crippen LogP contribution in [0.2, 0.25) is 0 Å². The maximum atomic E-state index is 5.96. The number of ether oxygens (including phenoxy) is 1. The standard InChI is InChI=1S/C15H22N4O/c1-5-19-15(17-10-18-19)9-20-14-8-11(2)6-7-13(14)12(3)16-4/h6-8,10,12,16H,5,9H2,1-4H3. The largest absolute Gasteiger partial charge is 0.485 e. The molecule has 0 fully saturated rings. The van der Waals surface area contributed by atoms with Gasteiger partial charge in [-0.3, -0.25) is 0 Å². The van der Waals surface area contributed by atoms with Crippen LogP contribution in [0.1, 0.15) is 36.8 Å². The first-order valence-corrected chi connectivity index (χ1v) is 6.93. The third-order valence-corrected chi connectivity index (χ3v) is 3.42. The van der Waals surface area contributed by atoms with Gasteiger partial charge in [0.2, 0.25) is 0 Å². The molecule has 0 amide bonds. The third kappa shape index (κ3) is 3.17. The van der Waals surface area contributed by atoms with E-state index in [1.807, 2.05) is 18.7 Å². The monoisotopic (exact) mass is 274 g/mol. The van der Waals surface area contributed by atoms with Gasteiger partial charge in [-0.2, -0.15) is 5.10 Å². The van der Waals surface area contributed by atoms with E-state index in [1.54, 1.807) is 6.33 Å². The lowest BCUT2D eigenvalue weighted by Crippen LogP contribution is -2.14. The van der Waals surface area contributed by atoms with Crippen molar-refractivity contribution in [3.05, 3.63) is 41.5 Å². The first-order chi connectivity index (χ1) is 9.65. The average molecular weight is 274 g/mol. The Morgan fingerprint density at radius 1 is 1.40 bits per heavy atom. The van der Waals surface area contributed by atoms with Crippen LogP contribution in [0, 0.1) is 6.92 Å². The van der Waals surface area contributed by atoms with E-state index in [2.05, 4.69) is 47.4 Å². The molecule has 2 aromatic rings. The molecule has 0 radical (unpaired) electrons. The summed E-state index contributed by atoms with van der Waals surface area (Å²) in [4.78, 5) is 4.23. The van der Waals surface area contributed by atoms with Gasteiger partial charge >= 0.3 is 0 Å². The zero-order valence-electron chi connectivity index (χ0n) is 12.6. The van der Waals surface area contributed by atoms with Crippen molar-refractivity contribution in [3.8, 4) is 5.75 Å². The molecular formula is C15H22N4O. The Morgan fingerprint density at radius 2 is 2.20 bits per heavy atom. The number of aromatic nitrogens is 3. The summed E-state index contributed by atoms with van der Waals surface area (Å²) in [5, 5.41) is 7.40. The number of hydrogen-bond acceptors (Lipinski definition) is 4. The number of nitrogens with zero attached hydrogens (tertiary/aromatic N) is 3. The molecule has 1 aromatic heterocycles. The van der Waals surface area contributed by atoms with Crippen LogP contribution in [-0.2, 0) is 13.2 Å². The van der Waals surface area contributed by atoms with Gasteiger partial charge in [0.25, 0.3) is 0 Å². The number of nitrogens with one attached hydrogen (secondary N) is 1. The van der Waals surface area contributed by atoms with Crippen LogP contribution in [0.5, 0.6) is 5.75 Å². The quantitative estimate of drug-likeness (QED) is 0.879. The fourth-order valence-electron chi connectivity index (χ4n) is 2.09. The molecule has 1 unspecified atom stereocenters. The predicted molar refractivity (Wildman–Crippen MR) is 78.7 cm³/mol. The highest BCUT2D eigenvalue weighted by molar-refractivity contribution is 5.39. The topological polar surface area (TPSA) is 52.0 Å². The summed E-state index contributed by atoms with van der Waals surface area (Å²) < 4.78 is 7.81. The van der Waals surface area contributed by atoms with Crippen molar-refractivity contribution < 1.29 is 4.74 Å². The maximum Gasteiger partial charge on any atom is 0.164 e. The molecule has 1 aromatic carbocycles. The van der Waals surface area contributed by atoms with Gasteiger partial charge in [0.05, 0.1) is 0 Å². The van der Waals surface area contributed by atoms with Gasteiger partial charge in [-0.05, 0) is 39.4 Å². The summed E-state index contributed by atoms with van der Waals surface area (Å²) in [6.07, 6.45) is 1.57. The molecule has 20 heavy (non-hydrogen) atoms. The summed E-state index contributed by atoms with van der Waals surface area (Å²) in [5.74, 6) is 1.74. The minimum absolute atomic E-state index is 0.245. The van der Waals surface area contributed by atoms with Gasteiger partial charge in [0, 0.05) is 18.2 Å². The van der Waals surface area contributed by atoms with Crippen LogP contribution in [0.4, 0.5) is 0 Å². The second kappa shape index (κ2) is 6.52. The van der Waals surface area contributed by atoms with Gasteiger partial charge in [-0.15, -0.1) is 0 Å². The molecule has 2 rings (SSSR count). The lowest BCUT2D eigenvalue weighted by molar-refractivity contribution is 0.282. The predicted octanol–water partition coefficient (Wildman–Crippen LogP) is 2.47. The molecule has 0 spiro atoms. The van der Waals surface area contributed by atoms with E-state index in [-0.39, 0.29) is 6.04 Å². The fraction of sp³-hybridized carbons (Fsp3) is 0.467. The minimum atomic E-state index is 0.245. The molecule has 5 nitrogen and oxygen atoms in total. The van der Waals surface area contributed by atoms with E-state index in [1.165, 1.54) is 5.56 Å². The fourth-order valence-corrected chi connectivity index (χ4v) is 2.09. The Kier molecular flexibility index (Phi) is 4.74. The molecule has 0 bridgehead atoms. The number of hydrogen-bond donors (Lipinski definition) is 1. The van der Waals surface area contributed by atoms with Crippen molar-refractivity contribution in [1.82, 2.24) is 20.1 Å². The summed E-state index contributed by atoms with van der Waals surface area (Å²) in [6, 6.07) is 6.52. The Morgan fingerprint density at radius 3 is 2.90 bits per heavy atom. The maximum absolute atomic E-state index is 5.96. The van der Waals surface area contributed by atoms with Gasteiger partial charge in [-0.25, -0.2) is 9.67 Å². The highest BCUT2D eigenvalue weighted by atomic mass is 16.5. The van der Waals surface area contributed by atoms with Crippen LogP contribution >= 0.6 is 0 Å². The smallest absolute Gasteiger partial charge is 0.164 e. The SMILES string of the molecule is CCn1ncnc1COc1cc(C)ccc1C(C)NC.